The fraction of sp³-hybridized carbons (Fsp3) is 0. The standard InChI is InChI=1S/2BrHO3.H2O/c2*2-1(3)4;/h2*2H;1H2. The summed E-state index contributed by atoms with van der Waals surface area (Å²) >= 11 is -6.79. The summed E-state index contributed by atoms with van der Waals surface area (Å²) in [4.78, 5) is 0. The lowest BCUT2D eigenvalue weighted by molar-refractivity contribution is -1.63. The van der Waals surface area contributed by atoms with Gasteiger partial charge in [0.05, 0.1) is 0 Å². The third-order valence-corrected chi connectivity index (χ3v) is 0. The van der Waals surface area contributed by atoms with Crippen molar-refractivity contribution in [3.8, 4) is 0 Å². The molecule has 0 saturated heterocycles. The van der Waals surface area contributed by atoms with Crippen LogP contribution >= 0.6 is 0 Å². The molecule has 9 heteroatoms. The summed E-state index contributed by atoms with van der Waals surface area (Å²) in [5, 5.41) is 0. The van der Waals surface area contributed by atoms with Gasteiger partial charge in [-0.1, -0.05) is 0 Å². The number of rotatable bonds is 0. The smallest absolute Gasteiger partial charge is 0.412 e. The molecular formula is H4Br2O7. The van der Waals surface area contributed by atoms with E-state index >= 15 is 0 Å². The van der Waals surface area contributed by atoms with Crippen molar-refractivity contribution < 1.29 is 60.3 Å². The van der Waals surface area contributed by atoms with Crippen LogP contribution in [-0.2, 0) is 0 Å². The normalized spacial score (nSPS) is 8.00. The van der Waals surface area contributed by atoms with Crippen LogP contribution < -0.4 is 16.8 Å². The van der Waals surface area contributed by atoms with Gasteiger partial charge in [0.1, 0.15) is 0 Å². The van der Waals surface area contributed by atoms with Gasteiger partial charge < -0.3 is 22.3 Å². The number of hydrogen-bond donors (Lipinski definition) is 2. The predicted molar refractivity (Wildman–Crippen MR) is 8.05 cm³/mol. The second-order valence-electron chi connectivity index (χ2n) is 0.402. The maximum absolute atomic E-state index is 8.63. The molecule has 0 radical (unpaired) electrons. The maximum atomic E-state index is 8.63. The first kappa shape index (κ1) is 16.3. The van der Waals surface area contributed by atoms with E-state index in [9.17, 15) is 0 Å². The maximum Gasteiger partial charge on any atom is 0.433 e. The molecular weight excluding hydrogens is 272 g/mol. The summed E-state index contributed by atoms with van der Waals surface area (Å²) in [5.74, 6) is 0. The lowest BCUT2D eigenvalue weighted by Crippen LogP contribution is -2.30. The lowest BCUT2D eigenvalue weighted by atomic mass is 16.0. The van der Waals surface area contributed by atoms with E-state index < -0.39 is 29.6 Å². The van der Waals surface area contributed by atoms with Gasteiger partial charge >= 0.3 is 29.6 Å². The minimum absolute atomic E-state index is 0. The highest BCUT2D eigenvalue weighted by Gasteiger charge is 1.86. The van der Waals surface area contributed by atoms with Crippen molar-refractivity contribution in [1.29, 1.82) is 0 Å². The molecule has 60 valence electrons. The average molecular weight is 276 g/mol. The molecule has 0 amide bonds. The monoisotopic (exact) mass is 274 g/mol. The van der Waals surface area contributed by atoms with E-state index in [2.05, 4.69) is 0 Å². The molecule has 0 aliphatic rings. The van der Waals surface area contributed by atoms with Crippen molar-refractivity contribution in [1.82, 2.24) is 0 Å². The van der Waals surface area contributed by atoms with Gasteiger partial charge in [0, 0.05) is 0 Å². The molecule has 0 rings (SSSR count). The Morgan fingerprint density at radius 1 is 0.778 bits per heavy atom. The van der Waals surface area contributed by atoms with Gasteiger partial charge in [-0.05, 0) is 8.40 Å². The topological polar surface area (TPSA) is 164 Å². The van der Waals surface area contributed by atoms with Gasteiger partial charge in [-0.3, -0.25) is 0 Å². The van der Waals surface area contributed by atoms with Gasteiger partial charge in [0.25, 0.3) is 0 Å². The first-order chi connectivity index (χ1) is 3.46. The Hall–Kier alpha value is 0.680. The Labute approximate surface area is 60.8 Å². The molecule has 0 aromatic carbocycles. The molecule has 0 fully saturated rings. The number of halogens is 2. The fourth-order valence-electron chi connectivity index (χ4n) is 0. The second kappa shape index (κ2) is 11.5. The molecule has 0 atom stereocenters. The van der Waals surface area contributed by atoms with Gasteiger partial charge in [-0.15, -0.1) is 0 Å². The van der Waals surface area contributed by atoms with Crippen LogP contribution in [0.1, 0.15) is 0 Å². The summed E-state index contributed by atoms with van der Waals surface area (Å²) in [6.45, 7) is 0. The Morgan fingerprint density at radius 2 is 0.778 bits per heavy atom. The molecule has 0 spiro atoms. The van der Waals surface area contributed by atoms with Crippen LogP contribution in [0.3, 0.4) is 0 Å². The van der Waals surface area contributed by atoms with Crippen LogP contribution in [0.2, 0.25) is 0 Å². The predicted octanol–water partition coefficient (Wildman–Crippen LogP) is -6.69. The van der Waals surface area contributed by atoms with Crippen LogP contribution in [0.4, 0.5) is 0 Å². The van der Waals surface area contributed by atoms with Crippen molar-refractivity contribution in [2.45, 2.75) is 0 Å². The molecule has 0 aromatic rings. The Morgan fingerprint density at radius 3 is 0.778 bits per heavy atom. The molecule has 7 nitrogen and oxygen atoms in total. The molecule has 0 aliphatic carbocycles. The Balaban J connectivity index is -0.0000000720. The Bertz CT molecular complexity index is 22.4. The quantitative estimate of drug-likeness (QED) is 0.446. The van der Waals surface area contributed by atoms with Crippen molar-refractivity contribution in [2.75, 3.05) is 0 Å². The first-order valence-corrected chi connectivity index (χ1v) is 4.96. The van der Waals surface area contributed by atoms with Crippen LogP contribution in [0, 0.1) is 29.6 Å². The van der Waals surface area contributed by atoms with Crippen molar-refractivity contribution in [3.05, 3.63) is 0 Å². The van der Waals surface area contributed by atoms with Crippen LogP contribution in [0.25, 0.3) is 0 Å². The molecule has 0 bridgehead atoms. The summed E-state index contributed by atoms with van der Waals surface area (Å²) in [7, 11) is 0. The van der Waals surface area contributed by atoms with Crippen LogP contribution in [-0.4, -0.2) is 13.9 Å². The lowest BCUT2D eigenvalue weighted by Gasteiger charge is -1.69. The largest absolute Gasteiger partial charge is 0.433 e. The third-order valence-electron chi connectivity index (χ3n) is 0. The highest BCUT2D eigenvalue weighted by atomic mass is 80.0. The van der Waals surface area contributed by atoms with Crippen molar-refractivity contribution >= 4 is 0 Å². The summed E-state index contributed by atoms with van der Waals surface area (Å²) < 4.78 is 48.6. The van der Waals surface area contributed by atoms with Crippen LogP contribution in [0.15, 0.2) is 0 Å². The SMILES string of the molecule is O.[O-][Br+2]([O-])O.[O-][Br+2]([O-])O. The molecule has 0 heterocycles. The van der Waals surface area contributed by atoms with Gasteiger partial charge in [0.15, 0.2) is 0 Å². The van der Waals surface area contributed by atoms with E-state index in [1.165, 1.54) is 0 Å². The zero-order valence-corrected chi connectivity index (χ0v) is 6.96. The minimum atomic E-state index is -3.40. The first-order valence-electron chi connectivity index (χ1n) is 0.955. The minimum Gasteiger partial charge on any atom is -0.412 e. The summed E-state index contributed by atoms with van der Waals surface area (Å²) in [6.07, 6.45) is 0. The average Bonchev–Trinajstić information content (AvgIpc) is 1.25. The fourth-order valence-corrected chi connectivity index (χ4v) is 0. The second-order valence-corrected chi connectivity index (χ2v) is 2.09. The van der Waals surface area contributed by atoms with E-state index in [1.54, 1.807) is 0 Å². The molecule has 0 aliphatic heterocycles. The van der Waals surface area contributed by atoms with Crippen LogP contribution in [0.5, 0.6) is 0 Å². The van der Waals surface area contributed by atoms with Crippen molar-refractivity contribution in [3.63, 3.8) is 0 Å². The molecule has 4 N–H and O–H groups in total. The molecule has 0 aromatic heterocycles. The zero-order valence-electron chi connectivity index (χ0n) is 3.78. The van der Waals surface area contributed by atoms with Gasteiger partial charge in [-0.2, -0.15) is 0 Å². The van der Waals surface area contributed by atoms with E-state index in [0.29, 0.717) is 0 Å². The van der Waals surface area contributed by atoms with Gasteiger partial charge in [0.2, 0.25) is 0 Å². The van der Waals surface area contributed by atoms with E-state index in [4.69, 9.17) is 25.2 Å². The highest BCUT2D eigenvalue weighted by molar-refractivity contribution is 1.94. The number of hydrogen-bond acceptors (Lipinski definition) is 6. The van der Waals surface area contributed by atoms with E-state index in [0.717, 1.165) is 0 Å². The summed E-state index contributed by atoms with van der Waals surface area (Å²) in [5.41, 5.74) is 0. The summed E-state index contributed by atoms with van der Waals surface area (Å²) in [6, 6.07) is 0. The third kappa shape index (κ3) is 838. The highest BCUT2D eigenvalue weighted by Crippen LogP contribution is 1.38. The van der Waals surface area contributed by atoms with Gasteiger partial charge in [-0.25, -0.2) is 0 Å². The molecule has 0 saturated carbocycles. The zero-order chi connectivity index (χ0) is 7.15. The molecule has 0 unspecified atom stereocenters. The molecule has 9 heavy (non-hydrogen) atoms. The Kier molecular flexibility index (Phi) is 20.8. The van der Waals surface area contributed by atoms with E-state index in [1.807, 2.05) is 0 Å². The van der Waals surface area contributed by atoms with Crippen molar-refractivity contribution in [2.24, 2.45) is 0 Å². The van der Waals surface area contributed by atoms with E-state index in [-0.39, 0.29) is 5.48 Å².